The number of methoxy groups -OCH3 is 1. The second kappa shape index (κ2) is 7.12. The van der Waals surface area contributed by atoms with Gasteiger partial charge >= 0.3 is 0 Å². The quantitative estimate of drug-likeness (QED) is 0.656. The van der Waals surface area contributed by atoms with Gasteiger partial charge in [0.15, 0.2) is 0 Å². The molecule has 0 aromatic heterocycles. The summed E-state index contributed by atoms with van der Waals surface area (Å²) in [5.41, 5.74) is 2.69. The van der Waals surface area contributed by atoms with Gasteiger partial charge in [0.2, 0.25) is 5.91 Å². The molecule has 7 nitrogen and oxygen atoms in total. The third kappa shape index (κ3) is 4.09. The van der Waals surface area contributed by atoms with Crippen molar-refractivity contribution in [2.75, 3.05) is 35.6 Å². The molecule has 2 aromatic rings. The number of sulfonamides is 1. The van der Waals surface area contributed by atoms with Crippen molar-refractivity contribution in [2.24, 2.45) is 0 Å². The fourth-order valence-corrected chi connectivity index (χ4v) is 3.65. The van der Waals surface area contributed by atoms with Gasteiger partial charge in [-0.15, -0.1) is 0 Å². The Morgan fingerprint density at radius 2 is 1.84 bits per heavy atom. The van der Waals surface area contributed by atoms with Crippen LogP contribution in [0.2, 0.25) is 0 Å². The number of fused-ring (bicyclic) bond motifs is 1. The zero-order valence-corrected chi connectivity index (χ0v) is 14.5. The van der Waals surface area contributed by atoms with Crippen LogP contribution < -0.4 is 15.4 Å². The number of hydrogen-bond acceptors (Lipinski definition) is 5. The summed E-state index contributed by atoms with van der Waals surface area (Å²) >= 11 is 0. The first-order valence-electron chi connectivity index (χ1n) is 7.76. The van der Waals surface area contributed by atoms with Gasteiger partial charge in [0.05, 0.1) is 17.9 Å². The average molecular weight is 361 g/mol. The monoisotopic (exact) mass is 361 g/mol. The van der Waals surface area contributed by atoms with E-state index in [1.165, 1.54) is 12.1 Å². The summed E-state index contributed by atoms with van der Waals surface area (Å²) in [7, 11) is -2.09. The van der Waals surface area contributed by atoms with E-state index in [2.05, 4.69) is 15.4 Å². The van der Waals surface area contributed by atoms with Crippen LogP contribution >= 0.6 is 0 Å². The fraction of sp³-hybridized carbons (Fsp3) is 0.235. The number of rotatable bonds is 7. The van der Waals surface area contributed by atoms with E-state index in [0.29, 0.717) is 30.1 Å². The van der Waals surface area contributed by atoms with Gasteiger partial charge in [0.25, 0.3) is 10.0 Å². The number of amides is 1. The Kier molecular flexibility index (Phi) is 4.91. The highest BCUT2D eigenvalue weighted by Gasteiger charge is 2.21. The molecule has 1 amide bonds. The number of carbonyl (C=O) groups excluding carboxylic acids is 1. The van der Waals surface area contributed by atoms with Crippen molar-refractivity contribution in [1.29, 1.82) is 0 Å². The maximum Gasteiger partial charge on any atom is 0.261 e. The SMILES string of the molecule is COCCNc1ccc(NS(=O)(=O)c2ccc3c(c2)CC(=O)N3)cc1. The normalized spacial score (nSPS) is 13.2. The molecule has 0 fully saturated rings. The minimum Gasteiger partial charge on any atom is -0.383 e. The highest BCUT2D eigenvalue weighted by molar-refractivity contribution is 7.92. The van der Waals surface area contributed by atoms with Gasteiger partial charge in [0, 0.05) is 30.7 Å². The lowest BCUT2D eigenvalue weighted by molar-refractivity contribution is -0.115. The molecular weight excluding hydrogens is 342 g/mol. The first kappa shape index (κ1) is 17.2. The predicted molar refractivity (Wildman–Crippen MR) is 96.4 cm³/mol. The molecule has 1 aliphatic rings. The Bertz CT molecular complexity index is 879. The summed E-state index contributed by atoms with van der Waals surface area (Å²) in [6.45, 7) is 1.26. The molecule has 0 saturated heterocycles. The summed E-state index contributed by atoms with van der Waals surface area (Å²) in [5, 5.41) is 5.84. The van der Waals surface area contributed by atoms with Crippen LogP contribution in [0.15, 0.2) is 47.4 Å². The van der Waals surface area contributed by atoms with Gasteiger partial charge in [-0.25, -0.2) is 8.42 Å². The van der Waals surface area contributed by atoms with Crippen LogP contribution in [0.3, 0.4) is 0 Å². The van der Waals surface area contributed by atoms with Crippen LogP contribution in [-0.2, 0) is 26.0 Å². The Balaban J connectivity index is 1.71. The Hall–Kier alpha value is -2.58. The third-order valence-corrected chi connectivity index (χ3v) is 5.16. The summed E-state index contributed by atoms with van der Waals surface area (Å²) in [6.07, 6.45) is 0.195. The van der Waals surface area contributed by atoms with Crippen molar-refractivity contribution in [3.63, 3.8) is 0 Å². The van der Waals surface area contributed by atoms with E-state index in [1.54, 1.807) is 37.4 Å². The molecule has 132 valence electrons. The maximum atomic E-state index is 12.5. The molecule has 0 aliphatic carbocycles. The molecule has 0 unspecified atom stereocenters. The molecule has 0 spiro atoms. The van der Waals surface area contributed by atoms with E-state index in [9.17, 15) is 13.2 Å². The van der Waals surface area contributed by atoms with Crippen molar-refractivity contribution in [1.82, 2.24) is 0 Å². The number of nitrogens with one attached hydrogen (secondary N) is 3. The molecule has 0 saturated carbocycles. The molecule has 2 aromatic carbocycles. The minimum absolute atomic E-state index is 0.130. The molecule has 0 bridgehead atoms. The summed E-state index contributed by atoms with van der Waals surface area (Å²) in [5.74, 6) is -0.130. The lowest BCUT2D eigenvalue weighted by atomic mass is 10.2. The molecule has 0 radical (unpaired) electrons. The van der Waals surface area contributed by atoms with Crippen LogP contribution in [0, 0.1) is 0 Å². The summed E-state index contributed by atoms with van der Waals surface area (Å²) < 4.78 is 32.6. The van der Waals surface area contributed by atoms with Crippen molar-refractivity contribution in [2.45, 2.75) is 11.3 Å². The van der Waals surface area contributed by atoms with Gasteiger partial charge in [-0.1, -0.05) is 0 Å². The lowest BCUT2D eigenvalue weighted by Gasteiger charge is -2.11. The third-order valence-electron chi connectivity index (χ3n) is 3.78. The molecule has 1 aliphatic heterocycles. The van der Waals surface area contributed by atoms with Crippen LogP contribution in [-0.4, -0.2) is 34.6 Å². The van der Waals surface area contributed by atoms with Crippen LogP contribution in [0.25, 0.3) is 0 Å². The fourth-order valence-electron chi connectivity index (χ4n) is 2.54. The van der Waals surface area contributed by atoms with Crippen molar-refractivity contribution < 1.29 is 17.9 Å². The van der Waals surface area contributed by atoms with Gasteiger partial charge in [-0.05, 0) is 48.0 Å². The molecule has 8 heteroatoms. The zero-order chi connectivity index (χ0) is 17.9. The second-order valence-corrected chi connectivity index (χ2v) is 7.33. The smallest absolute Gasteiger partial charge is 0.261 e. The van der Waals surface area contributed by atoms with E-state index in [-0.39, 0.29) is 17.2 Å². The van der Waals surface area contributed by atoms with Crippen LogP contribution in [0.4, 0.5) is 17.1 Å². The Morgan fingerprint density at radius 1 is 1.12 bits per heavy atom. The predicted octanol–water partition coefficient (Wildman–Crippen LogP) is 2.04. The van der Waals surface area contributed by atoms with Gasteiger partial charge in [-0.3, -0.25) is 9.52 Å². The first-order chi connectivity index (χ1) is 12.0. The number of carbonyl (C=O) groups is 1. The zero-order valence-electron chi connectivity index (χ0n) is 13.7. The Morgan fingerprint density at radius 3 is 2.56 bits per heavy atom. The minimum atomic E-state index is -3.72. The Labute approximate surface area is 146 Å². The maximum absolute atomic E-state index is 12.5. The molecule has 3 N–H and O–H groups in total. The lowest BCUT2D eigenvalue weighted by Crippen LogP contribution is -2.13. The van der Waals surface area contributed by atoms with Crippen molar-refractivity contribution in [3.8, 4) is 0 Å². The first-order valence-corrected chi connectivity index (χ1v) is 9.25. The summed E-state index contributed by atoms with van der Waals surface area (Å²) in [4.78, 5) is 11.5. The molecule has 25 heavy (non-hydrogen) atoms. The van der Waals surface area contributed by atoms with E-state index in [0.717, 1.165) is 5.69 Å². The molecule has 0 atom stereocenters. The number of hydrogen-bond donors (Lipinski definition) is 3. The molecule has 1 heterocycles. The van der Waals surface area contributed by atoms with Gasteiger partial charge in [0.1, 0.15) is 0 Å². The molecule has 3 rings (SSSR count). The van der Waals surface area contributed by atoms with E-state index < -0.39 is 10.0 Å². The topological polar surface area (TPSA) is 96.5 Å². The second-order valence-electron chi connectivity index (χ2n) is 5.65. The van der Waals surface area contributed by atoms with Gasteiger partial charge in [-0.2, -0.15) is 0 Å². The standard InChI is InChI=1S/C17H19N3O4S/c1-24-9-8-18-13-2-4-14(5-3-13)20-25(22,23)15-6-7-16-12(10-15)11-17(21)19-16/h2-7,10,18,20H,8-9,11H2,1H3,(H,19,21). The average Bonchev–Trinajstić information content (AvgIpc) is 2.95. The van der Waals surface area contributed by atoms with E-state index >= 15 is 0 Å². The van der Waals surface area contributed by atoms with Crippen molar-refractivity contribution >= 4 is 33.0 Å². The highest BCUT2D eigenvalue weighted by atomic mass is 32.2. The number of ether oxygens (including phenoxy) is 1. The molecular formula is C17H19N3O4S. The largest absolute Gasteiger partial charge is 0.383 e. The van der Waals surface area contributed by atoms with Crippen LogP contribution in [0.1, 0.15) is 5.56 Å². The van der Waals surface area contributed by atoms with Crippen molar-refractivity contribution in [3.05, 3.63) is 48.0 Å². The van der Waals surface area contributed by atoms with E-state index in [1.807, 2.05) is 0 Å². The highest BCUT2D eigenvalue weighted by Crippen LogP contribution is 2.27. The number of anilines is 3. The number of benzene rings is 2. The van der Waals surface area contributed by atoms with E-state index in [4.69, 9.17) is 4.74 Å². The summed E-state index contributed by atoms with van der Waals surface area (Å²) in [6, 6.07) is 11.6. The van der Waals surface area contributed by atoms with Crippen LogP contribution in [0.5, 0.6) is 0 Å². The van der Waals surface area contributed by atoms with Gasteiger partial charge < -0.3 is 15.4 Å².